The molecule has 0 aromatic carbocycles. The average molecular weight is 226 g/mol. The molecule has 0 aliphatic carbocycles. The summed E-state index contributed by atoms with van der Waals surface area (Å²) in [6.07, 6.45) is 6.41. The Morgan fingerprint density at radius 1 is 0.933 bits per heavy atom. The second kappa shape index (κ2) is 8.89. The molecule has 2 N–H and O–H groups in total. The van der Waals surface area contributed by atoms with Crippen LogP contribution in [0.25, 0.3) is 0 Å². The van der Waals surface area contributed by atoms with Crippen molar-refractivity contribution in [2.45, 2.75) is 38.8 Å². The van der Waals surface area contributed by atoms with E-state index in [2.05, 4.69) is 37.0 Å². The number of nitrogens with one attached hydrogen (secondary N) is 2. The van der Waals surface area contributed by atoms with E-state index in [4.69, 9.17) is 0 Å². The van der Waals surface area contributed by atoms with E-state index in [1.165, 1.54) is 12.8 Å². The van der Waals surface area contributed by atoms with E-state index in [0.29, 0.717) is 0 Å². The standard InChI is InChI=1S/C12H26N2Si/c1-5-9-13-15(11-7-3,12-8-4)14-10-6-2/h7-8,13-14H,3-6,9-12H2,1-2H3. The van der Waals surface area contributed by atoms with Crippen LogP contribution >= 0.6 is 0 Å². The lowest BCUT2D eigenvalue weighted by molar-refractivity contribution is 0.759. The molecule has 2 nitrogen and oxygen atoms in total. The van der Waals surface area contributed by atoms with Crippen molar-refractivity contribution < 1.29 is 0 Å². The zero-order valence-electron chi connectivity index (χ0n) is 10.3. The van der Waals surface area contributed by atoms with E-state index in [1.807, 2.05) is 12.2 Å². The Labute approximate surface area is 96.0 Å². The van der Waals surface area contributed by atoms with Gasteiger partial charge in [0, 0.05) is 0 Å². The Kier molecular flexibility index (Phi) is 8.66. The third kappa shape index (κ3) is 5.92. The summed E-state index contributed by atoms with van der Waals surface area (Å²) < 4.78 is 0. The van der Waals surface area contributed by atoms with E-state index in [-0.39, 0.29) is 0 Å². The molecule has 0 spiro atoms. The number of rotatable bonds is 10. The lowest BCUT2D eigenvalue weighted by atomic mass is 10.5. The molecule has 0 aromatic rings. The number of hydrogen-bond acceptors (Lipinski definition) is 2. The topological polar surface area (TPSA) is 24.1 Å². The summed E-state index contributed by atoms with van der Waals surface area (Å²) in [5, 5.41) is 0. The normalized spacial score (nSPS) is 11.3. The molecule has 0 aromatic heterocycles. The Hall–Kier alpha value is -0.383. The maximum Gasteiger partial charge on any atom is 0.209 e. The quantitative estimate of drug-likeness (QED) is 0.442. The third-order valence-corrected chi connectivity index (χ3v) is 6.24. The molecule has 0 saturated carbocycles. The van der Waals surface area contributed by atoms with E-state index < -0.39 is 8.40 Å². The highest BCUT2D eigenvalue weighted by atomic mass is 28.3. The van der Waals surface area contributed by atoms with Crippen molar-refractivity contribution in [2.24, 2.45) is 0 Å². The Bertz CT molecular complexity index is 160. The van der Waals surface area contributed by atoms with Crippen molar-refractivity contribution in [1.82, 2.24) is 9.96 Å². The van der Waals surface area contributed by atoms with Gasteiger partial charge in [0.1, 0.15) is 0 Å². The fourth-order valence-electron chi connectivity index (χ4n) is 1.66. The molecule has 0 heterocycles. The first kappa shape index (κ1) is 14.6. The zero-order valence-corrected chi connectivity index (χ0v) is 11.3. The lowest BCUT2D eigenvalue weighted by Gasteiger charge is -2.31. The first-order valence-electron chi connectivity index (χ1n) is 5.96. The smallest absolute Gasteiger partial charge is 0.209 e. The van der Waals surface area contributed by atoms with Gasteiger partial charge in [0.05, 0.1) is 0 Å². The van der Waals surface area contributed by atoms with Gasteiger partial charge in [-0.25, -0.2) is 0 Å². The molecule has 15 heavy (non-hydrogen) atoms. The molecule has 0 aliphatic heterocycles. The van der Waals surface area contributed by atoms with E-state index in [9.17, 15) is 0 Å². The molecule has 0 fully saturated rings. The summed E-state index contributed by atoms with van der Waals surface area (Å²) in [7, 11) is -1.57. The summed E-state index contributed by atoms with van der Waals surface area (Å²) in [6, 6.07) is 2.14. The van der Waals surface area contributed by atoms with Crippen LogP contribution in [0.1, 0.15) is 26.7 Å². The summed E-state index contributed by atoms with van der Waals surface area (Å²) in [5.41, 5.74) is 0. The van der Waals surface area contributed by atoms with Crippen molar-refractivity contribution in [3.8, 4) is 0 Å². The van der Waals surface area contributed by atoms with Gasteiger partial charge in [-0.2, -0.15) is 0 Å². The van der Waals surface area contributed by atoms with E-state index >= 15 is 0 Å². The summed E-state index contributed by atoms with van der Waals surface area (Å²) in [6.45, 7) is 14.3. The van der Waals surface area contributed by atoms with E-state index in [1.54, 1.807) is 0 Å². The lowest BCUT2D eigenvalue weighted by Crippen LogP contribution is -2.62. The Morgan fingerprint density at radius 2 is 1.33 bits per heavy atom. The summed E-state index contributed by atoms with van der Waals surface area (Å²) in [4.78, 5) is 7.41. The van der Waals surface area contributed by atoms with E-state index in [0.717, 1.165) is 25.2 Å². The molecule has 3 heteroatoms. The SMILES string of the molecule is C=CC[Si](CC=C)(NCCC)NCCC. The molecule has 0 saturated heterocycles. The van der Waals surface area contributed by atoms with Crippen molar-refractivity contribution in [1.29, 1.82) is 0 Å². The van der Waals surface area contributed by atoms with Gasteiger partial charge in [-0.3, -0.25) is 0 Å². The van der Waals surface area contributed by atoms with Crippen LogP contribution in [0.2, 0.25) is 12.1 Å². The Balaban J connectivity index is 4.38. The minimum atomic E-state index is -1.57. The highest BCUT2D eigenvalue weighted by Crippen LogP contribution is 2.10. The number of hydrogen-bond donors (Lipinski definition) is 2. The maximum atomic E-state index is 3.86. The van der Waals surface area contributed by atoms with Crippen molar-refractivity contribution in [2.75, 3.05) is 13.1 Å². The minimum Gasteiger partial charge on any atom is -0.325 e. The van der Waals surface area contributed by atoms with Crippen LogP contribution in [0.15, 0.2) is 25.3 Å². The van der Waals surface area contributed by atoms with Crippen LogP contribution < -0.4 is 9.96 Å². The van der Waals surface area contributed by atoms with Gasteiger partial charge in [-0.1, -0.05) is 26.0 Å². The second-order valence-electron chi connectivity index (χ2n) is 3.92. The van der Waals surface area contributed by atoms with Gasteiger partial charge in [-0.15, -0.1) is 13.2 Å². The fraction of sp³-hybridized carbons (Fsp3) is 0.667. The first-order valence-corrected chi connectivity index (χ1v) is 8.38. The molecule has 0 bridgehead atoms. The van der Waals surface area contributed by atoms with Crippen LogP contribution in [0.3, 0.4) is 0 Å². The van der Waals surface area contributed by atoms with Crippen LogP contribution in [-0.2, 0) is 0 Å². The molecular weight excluding hydrogens is 200 g/mol. The molecular formula is C12H26N2Si. The van der Waals surface area contributed by atoms with Gasteiger partial charge in [0.25, 0.3) is 0 Å². The van der Waals surface area contributed by atoms with Crippen molar-refractivity contribution in [3.63, 3.8) is 0 Å². The van der Waals surface area contributed by atoms with Crippen molar-refractivity contribution >= 4 is 8.40 Å². The van der Waals surface area contributed by atoms with Gasteiger partial charge in [0.2, 0.25) is 8.40 Å². The highest BCUT2D eigenvalue weighted by Gasteiger charge is 2.29. The van der Waals surface area contributed by atoms with Crippen LogP contribution in [0.4, 0.5) is 0 Å². The van der Waals surface area contributed by atoms with Gasteiger partial charge in [0.15, 0.2) is 0 Å². The van der Waals surface area contributed by atoms with Crippen LogP contribution in [-0.4, -0.2) is 21.5 Å². The minimum absolute atomic E-state index is 1.07. The highest BCUT2D eigenvalue weighted by molar-refractivity contribution is 6.75. The molecule has 88 valence electrons. The second-order valence-corrected chi connectivity index (χ2v) is 7.61. The largest absolute Gasteiger partial charge is 0.325 e. The maximum absolute atomic E-state index is 3.86. The zero-order chi connectivity index (χ0) is 11.6. The predicted octanol–water partition coefficient (Wildman–Crippen LogP) is 2.80. The van der Waals surface area contributed by atoms with Crippen LogP contribution in [0, 0.1) is 0 Å². The summed E-state index contributed by atoms with van der Waals surface area (Å²) in [5.74, 6) is 0. The molecule has 0 aliphatic rings. The predicted molar refractivity (Wildman–Crippen MR) is 72.3 cm³/mol. The van der Waals surface area contributed by atoms with Crippen molar-refractivity contribution in [3.05, 3.63) is 25.3 Å². The third-order valence-electron chi connectivity index (χ3n) is 2.41. The van der Waals surface area contributed by atoms with Crippen LogP contribution in [0.5, 0.6) is 0 Å². The molecule has 0 amide bonds. The number of allylic oxidation sites excluding steroid dienone is 2. The molecule has 0 atom stereocenters. The molecule has 0 radical (unpaired) electrons. The van der Waals surface area contributed by atoms with Gasteiger partial charge >= 0.3 is 0 Å². The summed E-state index contributed by atoms with van der Waals surface area (Å²) >= 11 is 0. The first-order chi connectivity index (χ1) is 7.24. The monoisotopic (exact) mass is 226 g/mol. The average Bonchev–Trinajstić information content (AvgIpc) is 2.24. The van der Waals surface area contributed by atoms with Gasteiger partial charge < -0.3 is 9.96 Å². The molecule has 0 unspecified atom stereocenters. The Morgan fingerprint density at radius 3 is 1.60 bits per heavy atom. The molecule has 0 rings (SSSR count). The fourth-order valence-corrected chi connectivity index (χ4v) is 4.97. The van der Waals surface area contributed by atoms with Gasteiger partial charge in [-0.05, 0) is 38.0 Å².